The Morgan fingerprint density at radius 1 is 1.38 bits per heavy atom. The summed E-state index contributed by atoms with van der Waals surface area (Å²) >= 11 is 0. The Morgan fingerprint density at radius 2 is 2.12 bits per heavy atom. The van der Waals surface area contributed by atoms with Gasteiger partial charge in [0.05, 0.1) is 5.69 Å². The highest BCUT2D eigenvalue weighted by Crippen LogP contribution is 2.51. The molecular formula is C20H28N2O2. The van der Waals surface area contributed by atoms with E-state index < -0.39 is 5.60 Å². The van der Waals surface area contributed by atoms with E-state index in [0.717, 1.165) is 31.5 Å². The van der Waals surface area contributed by atoms with Crippen molar-refractivity contribution in [3.8, 4) is 0 Å². The van der Waals surface area contributed by atoms with Gasteiger partial charge in [-0.3, -0.25) is 10.2 Å². The number of rotatable bonds is 3. The fourth-order valence-electron chi connectivity index (χ4n) is 3.93. The topological polar surface area (TPSA) is 41.6 Å². The van der Waals surface area contributed by atoms with Gasteiger partial charge in [0.1, 0.15) is 11.8 Å². The monoisotopic (exact) mass is 328 g/mol. The molecule has 4 heteroatoms. The van der Waals surface area contributed by atoms with E-state index in [1.807, 2.05) is 37.8 Å². The summed E-state index contributed by atoms with van der Waals surface area (Å²) in [5.74, 6) is 0. The molecule has 1 saturated heterocycles. The van der Waals surface area contributed by atoms with E-state index in [1.54, 1.807) is 0 Å². The van der Waals surface area contributed by atoms with Crippen LogP contribution < -0.4 is 10.2 Å². The summed E-state index contributed by atoms with van der Waals surface area (Å²) < 4.78 is 5.69. The van der Waals surface area contributed by atoms with E-state index in [-0.39, 0.29) is 17.7 Å². The molecule has 2 unspecified atom stereocenters. The Labute approximate surface area is 144 Å². The van der Waals surface area contributed by atoms with Crippen LogP contribution in [0.1, 0.15) is 52.5 Å². The smallest absolute Gasteiger partial charge is 0.416 e. The lowest BCUT2D eigenvalue weighted by molar-refractivity contribution is 0.0557. The molecule has 1 amide bonds. The number of para-hydroxylation sites is 1. The number of nitrogens with zero attached hydrogens (tertiary/aromatic N) is 1. The molecule has 24 heavy (non-hydrogen) atoms. The zero-order chi connectivity index (χ0) is 17.4. The molecule has 0 bridgehead atoms. The molecule has 0 spiro atoms. The molecule has 1 aromatic carbocycles. The molecule has 2 aliphatic rings. The van der Waals surface area contributed by atoms with Crippen LogP contribution in [0, 0.1) is 0 Å². The molecule has 1 N–H and O–H groups in total. The van der Waals surface area contributed by atoms with E-state index in [9.17, 15) is 4.79 Å². The molecular weight excluding hydrogens is 300 g/mol. The van der Waals surface area contributed by atoms with E-state index >= 15 is 0 Å². The number of fused-ring (bicyclic) bond motifs is 3. The average Bonchev–Trinajstić information content (AvgIpc) is 3.01. The fraction of sp³-hybridized carbons (Fsp3) is 0.550. The van der Waals surface area contributed by atoms with E-state index in [1.165, 1.54) is 5.56 Å². The van der Waals surface area contributed by atoms with Gasteiger partial charge in [-0.15, -0.1) is 0 Å². The third kappa shape index (κ3) is 2.84. The molecule has 1 fully saturated rings. The molecule has 3 rings (SSSR count). The van der Waals surface area contributed by atoms with Gasteiger partial charge in [-0.1, -0.05) is 37.3 Å². The maximum absolute atomic E-state index is 12.9. The van der Waals surface area contributed by atoms with Crippen molar-refractivity contribution >= 4 is 11.8 Å². The molecule has 0 radical (unpaired) electrons. The lowest BCUT2D eigenvalue weighted by atomic mass is 9.76. The summed E-state index contributed by atoms with van der Waals surface area (Å²) in [6.45, 7) is 8.79. The van der Waals surface area contributed by atoms with E-state index in [0.29, 0.717) is 0 Å². The summed E-state index contributed by atoms with van der Waals surface area (Å²) in [6, 6.07) is 8.26. The number of nitrogens with one attached hydrogen (secondary N) is 1. The molecule has 1 aromatic rings. The Hall–Kier alpha value is -1.81. The second-order valence-corrected chi connectivity index (χ2v) is 7.71. The van der Waals surface area contributed by atoms with Crippen LogP contribution in [0.15, 0.2) is 36.4 Å². The van der Waals surface area contributed by atoms with Crippen molar-refractivity contribution in [2.75, 3.05) is 11.4 Å². The molecule has 130 valence electrons. The first kappa shape index (κ1) is 17.0. The second kappa shape index (κ2) is 6.25. The van der Waals surface area contributed by atoms with Gasteiger partial charge in [0.2, 0.25) is 0 Å². The van der Waals surface area contributed by atoms with E-state index in [4.69, 9.17) is 4.74 Å². The van der Waals surface area contributed by atoms with Gasteiger partial charge in [0.15, 0.2) is 0 Å². The quantitative estimate of drug-likeness (QED) is 0.839. The highest BCUT2D eigenvalue weighted by atomic mass is 16.6. The van der Waals surface area contributed by atoms with Crippen LogP contribution in [0.3, 0.4) is 0 Å². The largest absolute Gasteiger partial charge is 0.443 e. The molecule has 0 aromatic heterocycles. The maximum Gasteiger partial charge on any atom is 0.416 e. The van der Waals surface area contributed by atoms with Crippen molar-refractivity contribution in [1.82, 2.24) is 5.32 Å². The zero-order valence-corrected chi connectivity index (χ0v) is 15.1. The number of amides is 1. The Kier molecular flexibility index (Phi) is 4.43. The lowest BCUT2D eigenvalue weighted by Crippen LogP contribution is -2.51. The zero-order valence-electron chi connectivity index (χ0n) is 15.1. The highest BCUT2D eigenvalue weighted by molar-refractivity contribution is 5.93. The number of allylic oxidation sites excluding steroid dienone is 2. The first-order valence-corrected chi connectivity index (χ1v) is 8.89. The van der Waals surface area contributed by atoms with Crippen LogP contribution in [0.25, 0.3) is 0 Å². The molecule has 0 saturated carbocycles. The lowest BCUT2D eigenvalue weighted by Gasteiger charge is -2.33. The number of benzene rings is 1. The average molecular weight is 328 g/mol. The standard InChI is InChI=1S/C20H28N2O2/c1-5-6-9-12-20-13-14-21-17(20)22(18(23)24-19(2,3)4)16-11-8-7-10-15(16)20/h6-11,17,21H,5,12-14H2,1-4H3/b9-6+. The van der Waals surface area contributed by atoms with Crippen LogP contribution in [0.5, 0.6) is 0 Å². The van der Waals surface area contributed by atoms with E-state index in [2.05, 4.69) is 36.5 Å². The van der Waals surface area contributed by atoms with Gasteiger partial charge in [-0.05, 0) is 58.2 Å². The van der Waals surface area contributed by atoms with Gasteiger partial charge in [-0.25, -0.2) is 4.79 Å². The summed E-state index contributed by atoms with van der Waals surface area (Å²) in [5.41, 5.74) is 1.68. The first-order chi connectivity index (χ1) is 11.4. The van der Waals surface area contributed by atoms with Gasteiger partial charge < -0.3 is 4.74 Å². The number of hydrogen-bond acceptors (Lipinski definition) is 3. The number of carbonyl (C=O) groups is 1. The van der Waals surface area contributed by atoms with Crippen LogP contribution in [0.4, 0.5) is 10.5 Å². The molecule has 2 aliphatic heterocycles. The minimum atomic E-state index is -0.502. The van der Waals surface area contributed by atoms with Gasteiger partial charge >= 0.3 is 6.09 Å². The van der Waals surface area contributed by atoms with Crippen molar-refractivity contribution in [2.24, 2.45) is 0 Å². The van der Waals surface area contributed by atoms with Crippen LogP contribution in [-0.4, -0.2) is 24.4 Å². The van der Waals surface area contributed by atoms with Crippen molar-refractivity contribution in [3.63, 3.8) is 0 Å². The Bertz CT molecular complexity index is 647. The predicted octanol–water partition coefficient (Wildman–Crippen LogP) is 4.36. The highest BCUT2D eigenvalue weighted by Gasteiger charge is 2.55. The molecule has 2 atom stereocenters. The number of ether oxygens (including phenoxy) is 1. The normalized spacial score (nSPS) is 25.8. The first-order valence-electron chi connectivity index (χ1n) is 8.89. The van der Waals surface area contributed by atoms with Gasteiger partial charge in [0.25, 0.3) is 0 Å². The SMILES string of the molecule is CC/C=C/CC12CCNC1N(C(=O)OC(C)(C)C)c1ccccc12. The number of hydrogen-bond donors (Lipinski definition) is 1. The Balaban J connectivity index is 2.00. The van der Waals surface area contributed by atoms with Crippen molar-refractivity contribution in [1.29, 1.82) is 0 Å². The summed E-state index contributed by atoms with van der Waals surface area (Å²) in [5, 5.41) is 3.54. The predicted molar refractivity (Wildman–Crippen MR) is 97.3 cm³/mol. The minimum absolute atomic E-state index is 0.0359. The number of carbonyl (C=O) groups excluding carboxylic acids is 1. The molecule has 0 aliphatic carbocycles. The third-order valence-electron chi connectivity index (χ3n) is 4.87. The van der Waals surface area contributed by atoms with Crippen molar-refractivity contribution in [3.05, 3.63) is 42.0 Å². The molecule has 4 nitrogen and oxygen atoms in total. The minimum Gasteiger partial charge on any atom is -0.443 e. The van der Waals surface area contributed by atoms with Crippen LogP contribution >= 0.6 is 0 Å². The summed E-state index contributed by atoms with van der Waals surface area (Å²) in [4.78, 5) is 14.7. The van der Waals surface area contributed by atoms with Gasteiger partial charge in [0, 0.05) is 5.41 Å². The third-order valence-corrected chi connectivity index (χ3v) is 4.87. The van der Waals surface area contributed by atoms with Crippen LogP contribution in [-0.2, 0) is 10.2 Å². The van der Waals surface area contributed by atoms with Crippen LogP contribution in [0.2, 0.25) is 0 Å². The van der Waals surface area contributed by atoms with Crippen molar-refractivity contribution < 1.29 is 9.53 Å². The maximum atomic E-state index is 12.9. The molecule has 2 heterocycles. The number of anilines is 1. The van der Waals surface area contributed by atoms with Crippen molar-refractivity contribution in [2.45, 2.75) is 64.1 Å². The summed E-state index contributed by atoms with van der Waals surface area (Å²) in [6.07, 6.45) is 7.17. The summed E-state index contributed by atoms with van der Waals surface area (Å²) in [7, 11) is 0. The fourth-order valence-corrected chi connectivity index (χ4v) is 3.93. The Morgan fingerprint density at radius 3 is 2.83 bits per heavy atom. The van der Waals surface area contributed by atoms with Gasteiger partial charge in [-0.2, -0.15) is 0 Å². The second-order valence-electron chi connectivity index (χ2n) is 7.71.